The molecule has 0 unspecified atom stereocenters. The lowest BCUT2D eigenvalue weighted by Gasteiger charge is -2.19. The van der Waals surface area contributed by atoms with E-state index in [0.29, 0.717) is 0 Å². The summed E-state index contributed by atoms with van der Waals surface area (Å²) in [7, 11) is -1.62. The number of carbonyl (C=O) groups is 1. The number of carboxylic acid groups (broad SMARTS) is 1. The molecular formula is C10H17N2O13P2S+. The van der Waals surface area contributed by atoms with Gasteiger partial charge in [0, 0.05) is 23.9 Å². The van der Waals surface area contributed by atoms with Crippen LogP contribution in [0.2, 0.25) is 0 Å². The van der Waals surface area contributed by atoms with Crippen LogP contribution in [0.15, 0.2) is 21.9 Å². The van der Waals surface area contributed by atoms with E-state index in [2.05, 4.69) is 11.8 Å². The van der Waals surface area contributed by atoms with E-state index in [0.717, 1.165) is 16.8 Å². The van der Waals surface area contributed by atoms with Gasteiger partial charge in [0.1, 0.15) is 12.2 Å². The number of aromatic amines is 1. The molecule has 0 amide bonds. The Labute approximate surface area is 161 Å². The fourth-order valence-electron chi connectivity index (χ4n) is 1.96. The van der Waals surface area contributed by atoms with Crippen molar-refractivity contribution < 1.29 is 53.5 Å². The van der Waals surface area contributed by atoms with Crippen LogP contribution >= 0.6 is 15.0 Å². The number of hydrogen-bond donors (Lipinski definition) is 8. The average Bonchev–Trinajstić information content (AvgIpc) is 2.81. The van der Waals surface area contributed by atoms with E-state index in [1.54, 1.807) is 0 Å². The maximum Gasteiger partial charge on any atom is 0.692 e. The van der Waals surface area contributed by atoms with Gasteiger partial charge in [0.15, 0.2) is 12.3 Å². The molecule has 0 saturated carbocycles. The van der Waals surface area contributed by atoms with E-state index >= 15 is 0 Å². The molecule has 15 nitrogen and oxygen atoms in total. The first-order valence-electron chi connectivity index (χ1n) is 6.73. The Hall–Kier alpha value is -1.42. The number of aromatic nitrogens is 2. The van der Waals surface area contributed by atoms with Crippen molar-refractivity contribution in [3.8, 4) is 0 Å². The van der Waals surface area contributed by atoms with Gasteiger partial charge in [-0.3, -0.25) is 14.3 Å². The van der Waals surface area contributed by atoms with E-state index in [4.69, 9.17) is 43.6 Å². The van der Waals surface area contributed by atoms with Gasteiger partial charge in [-0.05, 0) is 11.8 Å². The summed E-state index contributed by atoms with van der Waals surface area (Å²) in [6.45, 7) is -3.81. The molecular weight excluding hydrogens is 450 g/mol. The third kappa shape index (κ3) is 9.68. The van der Waals surface area contributed by atoms with Crippen molar-refractivity contribution in [2.75, 3.05) is 7.11 Å². The van der Waals surface area contributed by atoms with E-state index in [1.165, 1.54) is 7.11 Å². The summed E-state index contributed by atoms with van der Waals surface area (Å²) in [5.41, 5.74) is -1.37. The van der Waals surface area contributed by atoms with Crippen molar-refractivity contribution in [2.45, 2.75) is 24.5 Å². The van der Waals surface area contributed by atoms with Crippen LogP contribution < -0.4 is 11.2 Å². The molecule has 0 radical (unpaired) electrons. The molecule has 0 aromatic carbocycles. The number of nitrogens with one attached hydrogen (secondary N) is 1. The Morgan fingerprint density at radius 2 is 1.82 bits per heavy atom. The summed E-state index contributed by atoms with van der Waals surface area (Å²) in [5.74, 6) is -1.37. The van der Waals surface area contributed by atoms with Gasteiger partial charge in [0.25, 0.3) is 5.56 Å². The fourth-order valence-corrected chi connectivity index (χ4v) is 1.96. The van der Waals surface area contributed by atoms with Crippen LogP contribution in [0.25, 0.3) is 0 Å². The van der Waals surface area contributed by atoms with Gasteiger partial charge in [-0.15, -0.1) is 9.79 Å². The second kappa shape index (κ2) is 11.5. The molecule has 0 aliphatic carbocycles. The Bertz CT molecular complexity index is 823. The lowest BCUT2D eigenvalue weighted by atomic mass is 10.1. The molecule has 2 heterocycles. The van der Waals surface area contributed by atoms with E-state index in [-0.39, 0.29) is 0 Å². The molecule has 0 bridgehead atoms. The van der Waals surface area contributed by atoms with Crippen LogP contribution in [0, 0.1) is 0 Å². The van der Waals surface area contributed by atoms with Gasteiger partial charge in [0.05, 0.1) is 0 Å². The Morgan fingerprint density at radius 1 is 1.36 bits per heavy atom. The largest absolute Gasteiger partial charge is 0.692 e. The number of aliphatic hydroxyl groups excluding tert-OH is 1. The van der Waals surface area contributed by atoms with Crippen LogP contribution in [0.4, 0.5) is 0 Å². The number of H-pyrrole nitrogens is 1. The van der Waals surface area contributed by atoms with Crippen LogP contribution in [0.3, 0.4) is 0 Å². The predicted molar refractivity (Wildman–Crippen MR) is 92.7 cm³/mol. The minimum absolute atomic E-state index is 0.594. The monoisotopic (exact) mass is 467 g/mol. The van der Waals surface area contributed by atoms with Crippen molar-refractivity contribution in [1.82, 2.24) is 9.55 Å². The van der Waals surface area contributed by atoms with Gasteiger partial charge in [-0.1, -0.05) is 0 Å². The summed E-state index contributed by atoms with van der Waals surface area (Å²) < 4.78 is 19.7. The number of ether oxygens (including phenoxy) is 2. The highest BCUT2D eigenvalue weighted by molar-refractivity contribution is 8.06. The van der Waals surface area contributed by atoms with Gasteiger partial charge in [-0.2, -0.15) is 0 Å². The first-order valence-corrected chi connectivity index (χ1v) is 10.6. The molecule has 8 N–H and O–H groups in total. The van der Waals surface area contributed by atoms with Gasteiger partial charge in [0.2, 0.25) is 0 Å². The zero-order valence-electron chi connectivity index (χ0n) is 13.8. The number of rotatable bonds is 3. The molecule has 28 heavy (non-hydrogen) atoms. The fraction of sp³-hybridized carbons (Fsp3) is 0.500. The number of hydrogen-bond acceptors (Lipinski definition) is 8. The summed E-state index contributed by atoms with van der Waals surface area (Å²) in [6.07, 6.45) is -3.95. The second-order valence-corrected chi connectivity index (χ2v) is 7.76. The number of nitrogens with zero attached hydrogens (tertiary/aromatic N) is 1. The summed E-state index contributed by atoms with van der Waals surface area (Å²) in [4.78, 5) is 72.4. The lowest BCUT2D eigenvalue weighted by molar-refractivity contribution is -0.155. The van der Waals surface area contributed by atoms with Gasteiger partial charge >= 0.3 is 26.6 Å². The number of aliphatic hydroxyl groups is 1. The predicted octanol–water partition coefficient (Wildman–Crippen LogP) is -3.29. The lowest BCUT2D eigenvalue weighted by Crippen LogP contribution is -2.39. The zero-order chi connectivity index (χ0) is 22.2. The second-order valence-electron chi connectivity index (χ2n) is 4.76. The van der Waals surface area contributed by atoms with Crippen molar-refractivity contribution >= 4 is 32.7 Å². The molecule has 4 atom stereocenters. The molecule has 1 aromatic heterocycles. The number of aliphatic carboxylic acids is 1. The summed E-state index contributed by atoms with van der Waals surface area (Å²) in [5, 5.41) is 18.7. The smallest absolute Gasteiger partial charge is 0.479 e. The highest BCUT2D eigenvalue weighted by atomic mass is 32.5. The minimum Gasteiger partial charge on any atom is -0.479 e. The molecule has 1 aliphatic heterocycles. The standard InChI is InChI=1S/C10H12N2O7.H3O3PS.HO3P/c1-18-6-5(14)7(9(15)16)19-8(6)12-3-2-4(13)11-10(12)17;1-4(2,3)5;1-4(2)3/h2-3,5-8,14H,1H3,(H,15,16)(H,11,13,17);(H3,1,2,3,5);(H-,1,2,3)/p+1/t5-,6+,7-,8+;;/m0../s1. The Balaban J connectivity index is 0.000000681. The van der Waals surface area contributed by atoms with Crippen LogP contribution in [-0.2, 0) is 30.6 Å². The third-order valence-corrected chi connectivity index (χ3v) is 2.85. The number of methoxy groups -OCH3 is 1. The molecule has 1 aromatic rings. The Morgan fingerprint density at radius 3 is 2.18 bits per heavy atom. The third-order valence-electron chi connectivity index (χ3n) is 2.85. The molecule has 2 rings (SSSR count). The van der Waals surface area contributed by atoms with Crippen molar-refractivity contribution in [1.29, 1.82) is 0 Å². The Kier molecular flexibility index (Phi) is 11.0. The van der Waals surface area contributed by atoms with Crippen molar-refractivity contribution in [3.63, 3.8) is 0 Å². The molecule has 160 valence electrons. The van der Waals surface area contributed by atoms with Crippen LogP contribution in [0.1, 0.15) is 6.23 Å². The van der Waals surface area contributed by atoms with Gasteiger partial charge in [-0.25, -0.2) is 9.59 Å². The number of carboxylic acids is 1. The van der Waals surface area contributed by atoms with E-state index in [1.807, 2.05) is 4.98 Å². The zero-order valence-corrected chi connectivity index (χ0v) is 16.4. The first kappa shape index (κ1) is 26.6. The first-order chi connectivity index (χ1) is 12.7. The van der Waals surface area contributed by atoms with E-state index in [9.17, 15) is 19.5 Å². The van der Waals surface area contributed by atoms with Crippen LogP contribution in [-0.4, -0.2) is 75.6 Å². The van der Waals surface area contributed by atoms with Gasteiger partial charge < -0.3 is 34.4 Å². The molecule has 1 saturated heterocycles. The highest BCUT2D eigenvalue weighted by Crippen LogP contribution is 2.30. The van der Waals surface area contributed by atoms with Crippen molar-refractivity contribution in [2.24, 2.45) is 0 Å². The molecule has 1 fully saturated rings. The maximum absolute atomic E-state index is 11.6. The average molecular weight is 467 g/mol. The normalized spacial score (nSPS) is 23.7. The minimum atomic E-state index is -3.81. The molecule has 0 spiro atoms. The highest BCUT2D eigenvalue weighted by Gasteiger charge is 2.48. The SMILES string of the molecule is CO[C@@H]1[C@H](O)[C@@H](C(=O)O)O[C@H]1n1ccc(=O)[nH]c1=O.O=[P+](O)O.OP(O)(O)=S. The van der Waals surface area contributed by atoms with E-state index < -0.39 is 56.7 Å². The van der Waals surface area contributed by atoms with Crippen LogP contribution in [0.5, 0.6) is 0 Å². The maximum atomic E-state index is 11.6. The summed E-state index contributed by atoms with van der Waals surface area (Å²) in [6, 6.07) is 1.08. The van der Waals surface area contributed by atoms with Crippen molar-refractivity contribution in [3.05, 3.63) is 33.1 Å². The molecule has 18 heteroatoms. The quantitative estimate of drug-likeness (QED) is 0.203. The molecule has 1 aliphatic rings. The summed E-state index contributed by atoms with van der Waals surface area (Å²) >= 11 is 3.60. The topological polar surface area (TPSA) is 249 Å².